The standard InChI is InChI=1S/C20H24N6O3S/c1-4-5-6-7-17-22-23-20(30-17)21-19(27)16-10-8-15(9-11-16)12-25-14(3)18(26(28)29)13(2)24-25/h8-11H,4-7,12H2,1-3H3,(H,21,23,27). The lowest BCUT2D eigenvalue weighted by molar-refractivity contribution is -0.386. The van der Waals surface area contributed by atoms with Crippen molar-refractivity contribution in [1.29, 1.82) is 0 Å². The van der Waals surface area contributed by atoms with Crippen molar-refractivity contribution >= 4 is 28.1 Å². The van der Waals surface area contributed by atoms with Crippen molar-refractivity contribution in [3.63, 3.8) is 0 Å². The van der Waals surface area contributed by atoms with Crippen LogP contribution in [-0.2, 0) is 13.0 Å². The van der Waals surface area contributed by atoms with Crippen LogP contribution in [0, 0.1) is 24.0 Å². The molecule has 3 rings (SSSR count). The minimum atomic E-state index is -0.412. The van der Waals surface area contributed by atoms with E-state index in [9.17, 15) is 14.9 Å². The summed E-state index contributed by atoms with van der Waals surface area (Å²) < 4.78 is 1.60. The van der Waals surface area contributed by atoms with Crippen LogP contribution in [0.5, 0.6) is 0 Å². The predicted octanol–water partition coefficient (Wildman–Crippen LogP) is 4.29. The SMILES string of the molecule is CCCCCc1nnc(NC(=O)c2ccc(Cn3nc(C)c([N+](=O)[O-])c3C)cc2)s1. The van der Waals surface area contributed by atoms with Crippen LogP contribution < -0.4 is 5.32 Å². The molecule has 9 nitrogen and oxygen atoms in total. The van der Waals surface area contributed by atoms with Gasteiger partial charge in [-0.05, 0) is 38.0 Å². The topological polar surface area (TPSA) is 116 Å². The Morgan fingerprint density at radius 2 is 1.93 bits per heavy atom. The number of nitrogens with zero attached hydrogens (tertiary/aromatic N) is 5. The van der Waals surface area contributed by atoms with Crippen molar-refractivity contribution in [3.8, 4) is 0 Å². The minimum Gasteiger partial charge on any atom is -0.296 e. The first-order valence-corrected chi connectivity index (χ1v) is 10.6. The smallest absolute Gasteiger partial charge is 0.296 e. The second-order valence-corrected chi connectivity index (χ2v) is 8.11. The Labute approximate surface area is 178 Å². The van der Waals surface area contributed by atoms with Gasteiger partial charge in [0, 0.05) is 12.0 Å². The molecule has 3 aromatic rings. The van der Waals surface area contributed by atoms with Gasteiger partial charge < -0.3 is 0 Å². The number of carbonyl (C=O) groups is 1. The van der Waals surface area contributed by atoms with Gasteiger partial charge in [-0.1, -0.05) is 43.2 Å². The number of unbranched alkanes of at least 4 members (excludes halogenated alkanes) is 2. The van der Waals surface area contributed by atoms with Crippen molar-refractivity contribution in [1.82, 2.24) is 20.0 Å². The van der Waals surface area contributed by atoms with E-state index < -0.39 is 4.92 Å². The summed E-state index contributed by atoms with van der Waals surface area (Å²) in [7, 11) is 0. The largest absolute Gasteiger partial charge is 0.312 e. The fourth-order valence-corrected chi connectivity index (χ4v) is 3.92. The summed E-state index contributed by atoms with van der Waals surface area (Å²) >= 11 is 1.40. The van der Waals surface area contributed by atoms with E-state index in [0.29, 0.717) is 28.6 Å². The van der Waals surface area contributed by atoms with Gasteiger partial charge in [0.1, 0.15) is 16.4 Å². The molecule has 0 saturated heterocycles. The van der Waals surface area contributed by atoms with Gasteiger partial charge in [0.05, 0.1) is 11.5 Å². The van der Waals surface area contributed by atoms with Crippen molar-refractivity contribution in [3.05, 3.63) is 61.9 Å². The monoisotopic (exact) mass is 428 g/mol. The Hall–Kier alpha value is -3.14. The van der Waals surface area contributed by atoms with Crippen LogP contribution in [0.25, 0.3) is 0 Å². The van der Waals surface area contributed by atoms with E-state index >= 15 is 0 Å². The Balaban J connectivity index is 1.62. The van der Waals surface area contributed by atoms with Gasteiger partial charge in [0.25, 0.3) is 5.91 Å². The Morgan fingerprint density at radius 3 is 2.57 bits per heavy atom. The molecule has 0 atom stereocenters. The van der Waals surface area contributed by atoms with Gasteiger partial charge in [0.15, 0.2) is 0 Å². The summed E-state index contributed by atoms with van der Waals surface area (Å²) in [6.07, 6.45) is 4.24. The van der Waals surface area contributed by atoms with E-state index in [1.54, 1.807) is 30.7 Å². The zero-order chi connectivity index (χ0) is 21.7. The van der Waals surface area contributed by atoms with Crippen molar-refractivity contribution in [2.75, 3.05) is 5.32 Å². The fraction of sp³-hybridized carbons (Fsp3) is 0.400. The third-order valence-electron chi connectivity index (χ3n) is 4.76. The molecule has 2 heterocycles. The first kappa shape index (κ1) is 21.6. The highest BCUT2D eigenvalue weighted by atomic mass is 32.1. The molecule has 0 fully saturated rings. The number of aromatic nitrogens is 4. The highest BCUT2D eigenvalue weighted by Crippen LogP contribution is 2.23. The van der Waals surface area contributed by atoms with E-state index in [1.807, 2.05) is 12.1 Å². The van der Waals surface area contributed by atoms with Crippen LogP contribution in [0.15, 0.2) is 24.3 Å². The van der Waals surface area contributed by atoms with Crippen molar-refractivity contribution in [2.24, 2.45) is 0 Å². The molecule has 0 aliphatic rings. The molecule has 30 heavy (non-hydrogen) atoms. The number of hydrogen-bond donors (Lipinski definition) is 1. The number of nitro groups is 1. The number of carbonyl (C=O) groups excluding carboxylic acids is 1. The summed E-state index contributed by atoms with van der Waals surface area (Å²) in [6, 6.07) is 7.06. The number of amides is 1. The lowest BCUT2D eigenvalue weighted by Crippen LogP contribution is -2.12. The molecular formula is C20H24N6O3S. The highest BCUT2D eigenvalue weighted by molar-refractivity contribution is 7.15. The molecule has 10 heteroatoms. The average molecular weight is 429 g/mol. The molecule has 0 aliphatic carbocycles. The molecule has 0 bridgehead atoms. The molecule has 0 radical (unpaired) electrons. The van der Waals surface area contributed by atoms with E-state index in [1.165, 1.54) is 11.3 Å². The molecule has 1 amide bonds. The van der Waals surface area contributed by atoms with Gasteiger partial charge in [0.2, 0.25) is 5.13 Å². The summed E-state index contributed by atoms with van der Waals surface area (Å²) in [5.74, 6) is -0.250. The zero-order valence-electron chi connectivity index (χ0n) is 17.2. The number of hydrogen-bond acceptors (Lipinski definition) is 7. The molecule has 0 unspecified atom stereocenters. The lowest BCUT2D eigenvalue weighted by Gasteiger charge is -2.06. The summed E-state index contributed by atoms with van der Waals surface area (Å²) in [5, 5.41) is 27.8. The Bertz CT molecular complexity index is 1040. The van der Waals surface area contributed by atoms with Gasteiger partial charge in [-0.3, -0.25) is 24.9 Å². The van der Waals surface area contributed by atoms with Gasteiger partial charge in [-0.2, -0.15) is 5.10 Å². The highest BCUT2D eigenvalue weighted by Gasteiger charge is 2.21. The number of benzene rings is 1. The van der Waals surface area contributed by atoms with Crippen LogP contribution in [0.4, 0.5) is 10.8 Å². The molecule has 0 aliphatic heterocycles. The molecule has 0 saturated carbocycles. The quantitative estimate of drug-likeness (QED) is 0.309. The number of aryl methyl sites for hydroxylation is 2. The average Bonchev–Trinajstić information content (AvgIpc) is 3.26. The maximum atomic E-state index is 12.5. The van der Waals surface area contributed by atoms with Gasteiger partial charge in [-0.15, -0.1) is 10.2 Å². The third kappa shape index (κ3) is 5.07. The van der Waals surface area contributed by atoms with E-state index in [4.69, 9.17) is 0 Å². The van der Waals surface area contributed by atoms with Crippen molar-refractivity contribution < 1.29 is 9.72 Å². The summed E-state index contributed by atoms with van der Waals surface area (Å²) in [5.41, 5.74) is 2.32. The first-order valence-electron chi connectivity index (χ1n) is 9.80. The number of anilines is 1. The molecule has 2 aromatic heterocycles. The Morgan fingerprint density at radius 1 is 1.20 bits per heavy atom. The lowest BCUT2D eigenvalue weighted by atomic mass is 10.1. The van der Waals surface area contributed by atoms with E-state index in [-0.39, 0.29) is 11.6 Å². The second-order valence-electron chi connectivity index (χ2n) is 7.04. The summed E-state index contributed by atoms with van der Waals surface area (Å²) in [6.45, 7) is 5.84. The third-order valence-corrected chi connectivity index (χ3v) is 5.65. The first-order chi connectivity index (χ1) is 14.4. The van der Waals surface area contributed by atoms with Crippen LogP contribution in [0.1, 0.15) is 58.5 Å². The van der Waals surface area contributed by atoms with Gasteiger partial charge in [-0.25, -0.2) is 0 Å². The summed E-state index contributed by atoms with van der Waals surface area (Å²) in [4.78, 5) is 23.2. The molecule has 1 aromatic carbocycles. The molecule has 0 spiro atoms. The van der Waals surface area contributed by atoms with Gasteiger partial charge >= 0.3 is 5.69 Å². The Kier molecular flexibility index (Phi) is 6.88. The van der Waals surface area contributed by atoms with Crippen LogP contribution in [-0.4, -0.2) is 30.8 Å². The maximum Gasteiger partial charge on any atom is 0.312 e. The molecule has 158 valence electrons. The predicted molar refractivity (Wildman–Crippen MR) is 115 cm³/mol. The minimum absolute atomic E-state index is 0.0390. The molecule has 1 N–H and O–H groups in total. The van der Waals surface area contributed by atoms with Crippen LogP contribution in [0.3, 0.4) is 0 Å². The zero-order valence-corrected chi connectivity index (χ0v) is 18.0. The second kappa shape index (κ2) is 9.57. The van der Waals surface area contributed by atoms with E-state index in [2.05, 4.69) is 27.5 Å². The maximum absolute atomic E-state index is 12.5. The number of rotatable bonds is 9. The van der Waals surface area contributed by atoms with E-state index in [0.717, 1.165) is 36.3 Å². The fourth-order valence-electron chi connectivity index (χ4n) is 3.14. The number of nitrogens with one attached hydrogen (secondary N) is 1. The normalized spacial score (nSPS) is 10.9. The van der Waals surface area contributed by atoms with Crippen LogP contribution >= 0.6 is 11.3 Å². The van der Waals surface area contributed by atoms with Crippen molar-refractivity contribution in [2.45, 2.75) is 53.0 Å². The van der Waals surface area contributed by atoms with Crippen LogP contribution in [0.2, 0.25) is 0 Å². The molecular weight excluding hydrogens is 404 g/mol.